The van der Waals surface area contributed by atoms with Crippen LogP contribution in [0.4, 0.5) is 0 Å². The number of nitrogens with one attached hydrogen (secondary N) is 1. The molecule has 1 N–H and O–H groups in total. The number of methoxy groups -OCH3 is 1. The number of esters is 1. The van der Waals surface area contributed by atoms with Gasteiger partial charge in [0.25, 0.3) is 0 Å². The van der Waals surface area contributed by atoms with Crippen molar-refractivity contribution < 1.29 is 28.5 Å². The summed E-state index contributed by atoms with van der Waals surface area (Å²) < 4.78 is 21.8. The fourth-order valence-electron chi connectivity index (χ4n) is 5.09. The van der Waals surface area contributed by atoms with Crippen molar-refractivity contribution in [3.8, 4) is 11.5 Å². The van der Waals surface area contributed by atoms with E-state index in [1.807, 2.05) is 69.3 Å². The van der Waals surface area contributed by atoms with Crippen LogP contribution >= 0.6 is 0 Å². The van der Waals surface area contributed by atoms with Crippen molar-refractivity contribution in [3.63, 3.8) is 0 Å². The molecule has 1 heterocycles. The van der Waals surface area contributed by atoms with E-state index in [2.05, 4.69) is 5.32 Å². The molecule has 0 fully saturated rings. The molecule has 0 bridgehead atoms. The maximum absolute atomic E-state index is 13.7. The predicted octanol–water partition coefficient (Wildman–Crippen LogP) is 5.04. The Balaban J connectivity index is 1.69. The van der Waals surface area contributed by atoms with Gasteiger partial charge < -0.3 is 24.3 Å². The number of ketones is 1. The van der Waals surface area contributed by atoms with E-state index in [0.717, 1.165) is 28.3 Å². The highest BCUT2D eigenvalue weighted by atomic mass is 16.6. The molecule has 2 atom stereocenters. The van der Waals surface area contributed by atoms with Gasteiger partial charge in [0, 0.05) is 35.9 Å². The number of carbonyl (C=O) groups is 2. The summed E-state index contributed by atoms with van der Waals surface area (Å²) in [5.74, 6) is 0.628. The number of rotatable bonds is 10. The fourth-order valence-corrected chi connectivity index (χ4v) is 5.09. The van der Waals surface area contributed by atoms with Crippen molar-refractivity contribution in [3.05, 3.63) is 82.2 Å². The highest BCUT2D eigenvalue weighted by Gasteiger charge is 2.41. The van der Waals surface area contributed by atoms with Crippen LogP contribution in [0.15, 0.2) is 71.1 Å². The van der Waals surface area contributed by atoms with Crippen LogP contribution in [0.5, 0.6) is 11.5 Å². The van der Waals surface area contributed by atoms with Crippen LogP contribution in [0, 0.1) is 0 Å². The van der Waals surface area contributed by atoms with E-state index in [-0.39, 0.29) is 18.3 Å². The van der Waals surface area contributed by atoms with Crippen LogP contribution in [0.3, 0.4) is 0 Å². The molecular formula is C30H35NO6. The number of carbonyl (C=O) groups excluding carboxylic acids is 2. The van der Waals surface area contributed by atoms with E-state index in [9.17, 15) is 9.59 Å². The number of benzene rings is 2. The van der Waals surface area contributed by atoms with Crippen molar-refractivity contribution in [1.82, 2.24) is 5.32 Å². The third-order valence-corrected chi connectivity index (χ3v) is 6.82. The third kappa shape index (κ3) is 5.88. The molecule has 7 nitrogen and oxygen atoms in total. The molecule has 0 unspecified atom stereocenters. The zero-order valence-corrected chi connectivity index (χ0v) is 22.0. The molecule has 196 valence electrons. The van der Waals surface area contributed by atoms with Gasteiger partial charge in [0.15, 0.2) is 5.78 Å². The van der Waals surface area contributed by atoms with Crippen molar-refractivity contribution >= 4 is 11.8 Å². The highest BCUT2D eigenvalue weighted by Crippen LogP contribution is 2.46. The SMILES string of the molecule is CCOCCOC(=O)C1=C(C)NC2=C(C(=O)C[C@@H](c3ccc(OC)cc3)C2)[C@H]1c1ccc(OCC)cc1. The maximum Gasteiger partial charge on any atom is 0.336 e. The van der Waals surface area contributed by atoms with Crippen LogP contribution in [-0.4, -0.2) is 45.3 Å². The van der Waals surface area contributed by atoms with Gasteiger partial charge in [-0.2, -0.15) is 0 Å². The first-order valence-electron chi connectivity index (χ1n) is 12.8. The van der Waals surface area contributed by atoms with Gasteiger partial charge in [-0.05, 0) is 68.5 Å². The largest absolute Gasteiger partial charge is 0.497 e. The molecule has 0 aromatic heterocycles. The molecule has 7 heteroatoms. The van der Waals surface area contributed by atoms with E-state index in [1.54, 1.807) is 7.11 Å². The first-order valence-corrected chi connectivity index (χ1v) is 12.8. The maximum atomic E-state index is 13.7. The first kappa shape index (κ1) is 26.5. The Hall–Kier alpha value is -3.58. The molecule has 1 aliphatic heterocycles. The van der Waals surface area contributed by atoms with Gasteiger partial charge in [0.05, 0.1) is 25.9 Å². The summed E-state index contributed by atoms with van der Waals surface area (Å²) in [4.78, 5) is 27.0. The molecule has 4 rings (SSSR count). The lowest BCUT2D eigenvalue weighted by atomic mass is 9.71. The summed E-state index contributed by atoms with van der Waals surface area (Å²) in [6.07, 6.45) is 1.04. The highest BCUT2D eigenvalue weighted by molar-refractivity contribution is 6.04. The van der Waals surface area contributed by atoms with Gasteiger partial charge in [-0.3, -0.25) is 4.79 Å². The third-order valence-electron chi connectivity index (χ3n) is 6.82. The van der Waals surface area contributed by atoms with E-state index in [4.69, 9.17) is 18.9 Å². The van der Waals surface area contributed by atoms with Gasteiger partial charge in [0.2, 0.25) is 0 Å². The number of hydrogen-bond donors (Lipinski definition) is 1. The lowest BCUT2D eigenvalue weighted by Crippen LogP contribution is -2.36. The number of hydrogen-bond acceptors (Lipinski definition) is 7. The standard InChI is InChI=1S/C30H35NO6/c1-5-35-15-16-37-30(33)27-19(3)31-25-17-22(20-7-11-23(34-4)12-8-20)18-26(32)29(25)28(27)21-9-13-24(14-10-21)36-6-2/h7-14,22,28,31H,5-6,15-18H2,1-4H3/t22-,28-/m0/s1. The minimum absolute atomic E-state index is 0.0283. The fraction of sp³-hybridized carbons (Fsp3) is 0.400. The Kier molecular flexibility index (Phi) is 8.66. The Morgan fingerprint density at radius 3 is 2.24 bits per heavy atom. The zero-order valence-electron chi connectivity index (χ0n) is 22.0. The number of Topliss-reactive ketones (excluding diaryl/α,β-unsaturated/α-hetero) is 1. The number of ether oxygens (including phenoxy) is 4. The van der Waals surface area contributed by atoms with Crippen molar-refractivity contribution in [2.45, 2.75) is 45.4 Å². The summed E-state index contributed by atoms with van der Waals surface area (Å²) >= 11 is 0. The molecule has 2 aromatic rings. The monoisotopic (exact) mass is 505 g/mol. The lowest BCUT2D eigenvalue weighted by Gasteiger charge is -2.36. The second-order valence-corrected chi connectivity index (χ2v) is 9.13. The molecule has 1 aliphatic carbocycles. The molecular weight excluding hydrogens is 470 g/mol. The van der Waals surface area contributed by atoms with Crippen molar-refractivity contribution in [1.29, 1.82) is 0 Å². The summed E-state index contributed by atoms with van der Waals surface area (Å²) in [6.45, 7) is 7.28. The molecule has 0 radical (unpaired) electrons. The second kappa shape index (κ2) is 12.1. The Morgan fingerprint density at radius 2 is 1.59 bits per heavy atom. The average molecular weight is 506 g/mol. The number of dihydropyridines is 1. The van der Waals surface area contributed by atoms with Crippen molar-refractivity contribution in [2.24, 2.45) is 0 Å². The summed E-state index contributed by atoms with van der Waals surface area (Å²) in [5.41, 5.74) is 4.58. The van der Waals surface area contributed by atoms with E-state index >= 15 is 0 Å². The van der Waals surface area contributed by atoms with Crippen LogP contribution in [0.1, 0.15) is 56.6 Å². The minimum Gasteiger partial charge on any atom is -0.497 e. The van der Waals surface area contributed by atoms with Gasteiger partial charge in [-0.25, -0.2) is 4.79 Å². The minimum atomic E-state index is -0.518. The predicted molar refractivity (Wildman–Crippen MR) is 141 cm³/mol. The Morgan fingerprint density at radius 1 is 0.919 bits per heavy atom. The molecule has 2 aliphatic rings. The average Bonchev–Trinajstić information content (AvgIpc) is 2.91. The molecule has 0 saturated heterocycles. The van der Waals surface area contributed by atoms with Crippen molar-refractivity contribution in [2.75, 3.05) is 33.5 Å². The van der Waals surface area contributed by atoms with E-state index < -0.39 is 11.9 Å². The number of allylic oxidation sites excluding steroid dienone is 3. The lowest BCUT2D eigenvalue weighted by molar-refractivity contribution is -0.140. The topological polar surface area (TPSA) is 83.1 Å². The van der Waals surface area contributed by atoms with Gasteiger partial charge in [-0.1, -0.05) is 24.3 Å². The quantitative estimate of drug-likeness (QED) is 0.358. The van der Waals surface area contributed by atoms with E-state index in [1.165, 1.54) is 0 Å². The zero-order chi connectivity index (χ0) is 26.4. The molecule has 0 saturated carbocycles. The molecule has 2 aromatic carbocycles. The van der Waals surface area contributed by atoms with Crippen LogP contribution in [0.2, 0.25) is 0 Å². The molecule has 0 amide bonds. The van der Waals surface area contributed by atoms with Gasteiger partial charge in [0.1, 0.15) is 18.1 Å². The smallest absolute Gasteiger partial charge is 0.336 e. The molecule has 37 heavy (non-hydrogen) atoms. The Labute approximate surface area is 218 Å². The molecule has 0 spiro atoms. The summed E-state index contributed by atoms with van der Waals surface area (Å²) in [6, 6.07) is 15.5. The first-order chi connectivity index (χ1) is 18.0. The summed E-state index contributed by atoms with van der Waals surface area (Å²) in [5, 5.41) is 3.39. The van der Waals surface area contributed by atoms with Crippen LogP contribution < -0.4 is 14.8 Å². The van der Waals surface area contributed by atoms with E-state index in [0.29, 0.717) is 49.5 Å². The normalized spacial score (nSPS) is 19.3. The van der Waals surface area contributed by atoms with Crippen LogP contribution in [0.25, 0.3) is 0 Å². The van der Waals surface area contributed by atoms with Gasteiger partial charge in [-0.15, -0.1) is 0 Å². The second-order valence-electron chi connectivity index (χ2n) is 9.13. The van der Waals surface area contributed by atoms with Crippen LogP contribution in [-0.2, 0) is 19.1 Å². The Bertz CT molecular complexity index is 1180. The summed E-state index contributed by atoms with van der Waals surface area (Å²) in [7, 11) is 1.64. The van der Waals surface area contributed by atoms with Gasteiger partial charge >= 0.3 is 5.97 Å².